The number of nitrogens with one attached hydrogen (secondary N) is 1. The predicted octanol–water partition coefficient (Wildman–Crippen LogP) is 4.29. The smallest absolute Gasteiger partial charge is 0.244 e. The third kappa shape index (κ3) is 8.86. The van der Waals surface area contributed by atoms with Crippen molar-refractivity contribution in [3.63, 3.8) is 0 Å². The second-order valence-electron chi connectivity index (χ2n) is 9.82. The third-order valence-corrected chi connectivity index (χ3v) is 7.68. The van der Waals surface area contributed by atoms with Gasteiger partial charge in [0.15, 0.2) is 0 Å². The first-order valence-corrected chi connectivity index (χ1v) is 15.2. The van der Waals surface area contributed by atoms with Crippen LogP contribution in [-0.2, 0) is 32.6 Å². The van der Waals surface area contributed by atoms with Gasteiger partial charge in [0, 0.05) is 30.1 Å². The number of carbonyl (C=O) groups is 2. The standard InChI is InChI=1S/C30H36ClN3O6S/c1-21(2)32-30(36)27(17-22-9-7-6-8-10-22)33(19-23-11-13-24(31)14-12-23)29(35)20-34(41(5,37)38)26-18-25(39-3)15-16-28(26)40-4/h6-16,18,21,27H,17,19-20H2,1-5H3,(H,32,36)/t27-/m1/s1. The molecule has 3 aromatic rings. The van der Waals surface area contributed by atoms with Gasteiger partial charge in [0.25, 0.3) is 0 Å². The van der Waals surface area contributed by atoms with E-state index >= 15 is 0 Å². The number of carbonyl (C=O) groups excluding carboxylic acids is 2. The average Bonchev–Trinajstić information content (AvgIpc) is 2.93. The van der Waals surface area contributed by atoms with Crippen LogP contribution in [0, 0.1) is 0 Å². The summed E-state index contributed by atoms with van der Waals surface area (Å²) in [6.45, 7) is 3.15. The van der Waals surface area contributed by atoms with Gasteiger partial charge in [-0.1, -0.05) is 54.1 Å². The molecule has 3 aromatic carbocycles. The van der Waals surface area contributed by atoms with Gasteiger partial charge in [-0.15, -0.1) is 0 Å². The molecule has 0 aliphatic heterocycles. The van der Waals surface area contributed by atoms with Gasteiger partial charge >= 0.3 is 0 Å². The van der Waals surface area contributed by atoms with Crippen molar-refractivity contribution in [2.75, 3.05) is 31.3 Å². The predicted molar refractivity (Wildman–Crippen MR) is 161 cm³/mol. The number of anilines is 1. The molecule has 0 radical (unpaired) electrons. The summed E-state index contributed by atoms with van der Waals surface area (Å²) in [4.78, 5) is 29.2. The van der Waals surface area contributed by atoms with E-state index in [1.54, 1.807) is 36.4 Å². The summed E-state index contributed by atoms with van der Waals surface area (Å²) in [7, 11) is -1.11. The molecule has 0 unspecified atom stereocenters. The SMILES string of the molecule is COc1ccc(OC)c(N(CC(=O)N(Cc2ccc(Cl)cc2)[C@H](Cc2ccccc2)C(=O)NC(C)C)S(C)(=O)=O)c1. The van der Waals surface area contributed by atoms with Crippen LogP contribution in [0.25, 0.3) is 0 Å². The minimum absolute atomic E-state index is 0.0475. The van der Waals surface area contributed by atoms with Crippen LogP contribution in [0.15, 0.2) is 72.8 Å². The lowest BCUT2D eigenvalue weighted by atomic mass is 10.0. The molecule has 0 saturated carbocycles. The number of nitrogens with zero attached hydrogens (tertiary/aromatic N) is 2. The Morgan fingerprint density at radius 2 is 1.59 bits per heavy atom. The second-order valence-corrected chi connectivity index (χ2v) is 12.2. The molecule has 0 aliphatic rings. The molecule has 2 amide bonds. The number of hydrogen-bond acceptors (Lipinski definition) is 6. The van der Waals surface area contributed by atoms with Gasteiger partial charge in [-0.2, -0.15) is 0 Å². The summed E-state index contributed by atoms with van der Waals surface area (Å²) < 4.78 is 37.8. The molecule has 0 bridgehead atoms. The van der Waals surface area contributed by atoms with E-state index in [0.717, 1.165) is 21.7 Å². The summed E-state index contributed by atoms with van der Waals surface area (Å²) >= 11 is 6.09. The zero-order valence-corrected chi connectivity index (χ0v) is 25.4. The van der Waals surface area contributed by atoms with E-state index in [1.807, 2.05) is 44.2 Å². The molecular formula is C30H36ClN3O6S. The van der Waals surface area contributed by atoms with Crippen LogP contribution in [0.3, 0.4) is 0 Å². The quantitative estimate of drug-likeness (QED) is 0.313. The highest BCUT2D eigenvalue weighted by Gasteiger charge is 2.34. The van der Waals surface area contributed by atoms with Gasteiger partial charge < -0.3 is 19.7 Å². The van der Waals surface area contributed by atoms with Crippen molar-refractivity contribution in [2.45, 2.75) is 38.9 Å². The molecule has 9 nitrogen and oxygen atoms in total. The van der Waals surface area contributed by atoms with Crippen LogP contribution in [0.2, 0.25) is 5.02 Å². The molecule has 41 heavy (non-hydrogen) atoms. The van der Waals surface area contributed by atoms with E-state index in [-0.39, 0.29) is 36.4 Å². The van der Waals surface area contributed by atoms with E-state index < -0.39 is 28.5 Å². The maximum absolute atomic E-state index is 14.2. The molecule has 1 atom stereocenters. The summed E-state index contributed by atoms with van der Waals surface area (Å²) in [5.41, 5.74) is 1.71. The van der Waals surface area contributed by atoms with Gasteiger partial charge in [0.05, 0.1) is 26.2 Å². The Kier molecular flexibility index (Phi) is 11.0. The fourth-order valence-electron chi connectivity index (χ4n) is 4.31. The van der Waals surface area contributed by atoms with Crippen molar-refractivity contribution < 1.29 is 27.5 Å². The molecule has 1 N–H and O–H groups in total. The van der Waals surface area contributed by atoms with Gasteiger partial charge in [0.1, 0.15) is 24.1 Å². The number of benzene rings is 3. The van der Waals surface area contributed by atoms with Crippen molar-refractivity contribution in [1.29, 1.82) is 0 Å². The van der Waals surface area contributed by atoms with Crippen molar-refractivity contribution >= 4 is 39.1 Å². The molecule has 0 heterocycles. The minimum atomic E-state index is -3.97. The average molecular weight is 602 g/mol. The molecule has 3 rings (SSSR count). The Balaban J connectivity index is 2.10. The number of ether oxygens (including phenoxy) is 2. The lowest BCUT2D eigenvalue weighted by Crippen LogP contribution is -2.54. The molecule has 220 valence electrons. The van der Waals surface area contributed by atoms with Gasteiger partial charge in [-0.25, -0.2) is 8.42 Å². The lowest BCUT2D eigenvalue weighted by molar-refractivity contribution is -0.140. The number of sulfonamides is 1. The van der Waals surface area contributed by atoms with Gasteiger partial charge in [-0.05, 0) is 49.2 Å². The monoisotopic (exact) mass is 601 g/mol. The van der Waals surface area contributed by atoms with E-state index in [9.17, 15) is 18.0 Å². The first-order chi connectivity index (χ1) is 19.4. The number of hydrogen-bond donors (Lipinski definition) is 1. The molecule has 0 aliphatic carbocycles. The van der Waals surface area contributed by atoms with E-state index in [1.165, 1.54) is 25.2 Å². The van der Waals surface area contributed by atoms with E-state index in [0.29, 0.717) is 10.8 Å². The largest absolute Gasteiger partial charge is 0.497 e. The van der Waals surface area contributed by atoms with Crippen molar-refractivity contribution in [3.05, 3.63) is 88.9 Å². The Labute approximate surface area is 247 Å². The van der Waals surface area contributed by atoms with Crippen molar-refractivity contribution in [2.24, 2.45) is 0 Å². The summed E-state index contributed by atoms with van der Waals surface area (Å²) in [6, 6.07) is 19.8. The van der Waals surface area contributed by atoms with E-state index in [4.69, 9.17) is 21.1 Å². The number of amides is 2. The number of methoxy groups -OCH3 is 2. The van der Waals surface area contributed by atoms with Crippen LogP contribution < -0.4 is 19.1 Å². The first-order valence-electron chi connectivity index (χ1n) is 13.0. The Morgan fingerprint density at radius 1 is 0.927 bits per heavy atom. The Hall–Kier alpha value is -3.76. The Bertz CT molecular complexity index is 1430. The van der Waals surface area contributed by atoms with E-state index in [2.05, 4.69) is 5.32 Å². The molecule has 0 fully saturated rings. The third-order valence-electron chi connectivity index (χ3n) is 6.30. The van der Waals surface area contributed by atoms with Crippen LogP contribution in [-0.4, -0.2) is 64.2 Å². The van der Waals surface area contributed by atoms with Crippen molar-refractivity contribution in [1.82, 2.24) is 10.2 Å². The molecule has 0 spiro atoms. The van der Waals surface area contributed by atoms with Crippen LogP contribution in [0.1, 0.15) is 25.0 Å². The zero-order valence-electron chi connectivity index (χ0n) is 23.8. The fourth-order valence-corrected chi connectivity index (χ4v) is 5.28. The molecule has 0 aromatic heterocycles. The van der Waals surface area contributed by atoms with Crippen LogP contribution >= 0.6 is 11.6 Å². The molecule has 0 saturated heterocycles. The molecule has 11 heteroatoms. The summed E-state index contributed by atoms with van der Waals surface area (Å²) in [6.07, 6.45) is 1.23. The maximum Gasteiger partial charge on any atom is 0.244 e. The Morgan fingerprint density at radius 3 is 2.15 bits per heavy atom. The highest BCUT2D eigenvalue weighted by Crippen LogP contribution is 2.34. The zero-order chi connectivity index (χ0) is 30.2. The summed E-state index contributed by atoms with van der Waals surface area (Å²) in [5, 5.41) is 3.45. The first kappa shape index (κ1) is 31.8. The fraction of sp³-hybridized carbons (Fsp3) is 0.333. The topological polar surface area (TPSA) is 105 Å². The normalized spacial score (nSPS) is 12.0. The van der Waals surface area contributed by atoms with Crippen LogP contribution in [0.5, 0.6) is 11.5 Å². The number of rotatable bonds is 13. The van der Waals surface area contributed by atoms with Gasteiger partial charge in [-0.3, -0.25) is 13.9 Å². The maximum atomic E-state index is 14.2. The highest BCUT2D eigenvalue weighted by atomic mass is 35.5. The van der Waals surface area contributed by atoms with Crippen LogP contribution in [0.4, 0.5) is 5.69 Å². The molecular weight excluding hydrogens is 566 g/mol. The van der Waals surface area contributed by atoms with Crippen molar-refractivity contribution in [3.8, 4) is 11.5 Å². The summed E-state index contributed by atoms with van der Waals surface area (Å²) in [5.74, 6) is -0.295. The lowest BCUT2D eigenvalue weighted by Gasteiger charge is -2.34. The number of halogens is 1. The van der Waals surface area contributed by atoms with Gasteiger partial charge in [0.2, 0.25) is 21.8 Å². The highest BCUT2D eigenvalue weighted by molar-refractivity contribution is 7.92. The second kappa shape index (κ2) is 14.2. The minimum Gasteiger partial charge on any atom is -0.497 e.